The van der Waals surface area contributed by atoms with Gasteiger partial charge >= 0.3 is 0 Å². The van der Waals surface area contributed by atoms with Crippen LogP contribution in [0.4, 0.5) is 0 Å². The molecule has 0 aliphatic rings. The van der Waals surface area contributed by atoms with Crippen LogP contribution in [-0.4, -0.2) is 36.8 Å². The summed E-state index contributed by atoms with van der Waals surface area (Å²) in [5.74, 6) is 4.51. The van der Waals surface area contributed by atoms with Crippen molar-refractivity contribution in [1.29, 1.82) is 0 Å². The highest BCUT2D eigenvalue weighted by atomic mass is 32.3. The maximum Gasteiger partial charge on any atom is 0.217 e. The normalized spacial score (nSPS) is 12.4. The molecule has 0 saturated carbocycles. The minimum Gasteiger partial charge on any atom is -0.726 e. The van der Waals surface area contributed by atoms with Gasteiger partial charge in [-0.1, -0.05) is 136 Å². The van der Waals surface area contributed by atoms with E-state index in [1.165, 1.54) is 172 Å². The van der Waals surface area contributed by atoms with Crippen molar-refractivity contribution in [2.75, 3.05) is 23.9 Å². The average molecular weight is 567 g/mol. The van der Waals surface area contributed by atoms with E-state index in [4.69, 9.17) is 0 Å². The highest BCUT2D eigenvalue weighted by Crippen LogP contribution is 2.15. The third-order valence-electron chi connectivity index (χ3n) is 6.99. The topological polar surface area (TPSA) is 66.4 Å². The predicted molar refractivity (Wildman–Crippen MR) is 167 cm³/mol. The molecule has 0 radical (unpaired) electrons. The van der Waals surface area contributed by atoms with Crippen LogP contribution >= 0.6 is 0 Å². The van der Waals surface area contributed by atoms with Crippen LogP contribution < -0.4 is 0 Å². The molecule has 0 saturated heterocycles. The van der Waals surface area contributed by atoms with Gasteiger partial charge < -0.3 is 4.55 Å². The molecule has 0 fully saturated rings. The van der Waals surface area contributed by atoms with Gasteiger partial charge in [0.15, 0.2) is 0 Å². The van der Waals surface area contributed by atoms with Crippen LogP contribution in [0.2, 0.25) is 0 Å². The Morgan fingerprint density at radius 3 is 0.946 bits per heavy atom. The molecule has 226 valence electrons. The van der Waals surface area contributed by atoms with Crippen molar-refractivity contribution < 1.29 is 17.2 Å². The Bertz CT molecular complexity index is 511. The van der Waals surface area contributed by atoms with Gasteiger partial charge in [0, 0.05) is 0 Å². The molecule has 4 nitrogen and oxygen atoms in total. The maximum absolute atomic E-state index is 9.45. The average Bonchev–Trinajstić information content (AvgIpc) is 2.86. The summed E-state index contributed by atoms with van der Waals surface area (Å²) >= 11 is 0. The van der Waals surface area contributed by atoms with Gasteiger partial charge in [0.1, 0.15) is 17.3 Å². The van der Waals surface area contributed by atoms with E-state index in [9.17, 15) is 13.0 Å². The van der Waals surface area contributed by atoms with E-state index in [1.54, 1.807) is 0 Å². The summed E-state index contributed by atoms with van der Waals surface area (Å²) in [7, 11) is -3.68. The van der Waals surface area contributed by atoms with Crippen molar-refractivity contribution in [1.82, 2.24) is 0 Å². The van der Waals surface area contributed by atoms with Crippen molar-refractivity contribution in [2.45, 2.75) is 175 Å². The molecule has 0 aromatic carbocycles. The minimum absolute atomic E-state index is 0.0914. The highest BCUT2D eigenvalue weighted by Gasteiger charge is 2.13. The van der Waals surface area contributed by atoms with E-state index >= 15 is 0 Å². The van der Waals surface area contributed by atoms with E-state index in [2.05, 4.69) is 25.0 Å². The lowest BCUT2D eigenvalue weighted by Crippen LogP contribution is -2.14. The second kappa shape index (κ2) is 32.4. The number of hydrogen-bond donors (Lipinski definition) is 0. The second-order valence-corrected chi connectivity index (χ2v) is 14.2. The van der Waals surface area contributed by atoms with Gasteiger partial charge in [-0.2, -0.15) is 0 Å². The summed E-state index contributed by atoms with van der Waals surface area (Å²) in [5.41, 5.74) is 0. The third-order valence-corrected chi connectivity index (χ3v) is 10.1. The molecule has 0 amide bonds. The molecule has 0 aromatic heterocycles. The van der Waals surface area contributed by atoms with E-state index in [0.29, 0.717) is 0 Å². The molecule has 6 heteroatoms. The summed E-state index contributed by atoms with van der Waals surface area (Å²) in [6.45, 7) is 8.38. The maximum atomic E-state index is 9.45. The van der Waals surface area contributed by atoms with Crippen LogP contribution in [0.15, 0.2) is 0 Å². The first kappa shape index (κ1) is 39.4. The van der Waals surface area contributed by atoms with Gasteiger partial charge in [-0.25, -0.2) is 8.42 Å². The molecule has 0 bridgehead atoms. The lowest BCUT2D eigenvalue weighted by molar-refractivity contribution is 0.275. The van der Waals surface area contributed by atoms with E-state index in [-0.39, 0.29) is 6.61 Å². The zero-order valence-corrected chi connectivity index (χ0v) is 27.2. The number of rotatable bonds is 28. The number of hydrogen-bond acceptors (Lipinski definition) is 4. The standard InChI is InChI=1S/C29H61S.C2H6O4S/c1-4-7-9-11-13-15-16-17-18-19-21-23-25-27-29-30(6-3)28-26-24-22-20-14-12-10-8-5-2;1-2-6-7(3,4)5/h4-29H2,1-3H3;2H2,1H3,(H,3,4,5)/q+1;/p-1. The first-order valence-corrected chi connectivity index (χ1v) is 19.2. The van der Waals surface area contributed by atoms with E-state index < -0.39 is 10.4 Å². The fourth-order valence-electron chi connectivity index (χ4n) is 4.65. The van der Waals surface area contributed by atoms with Gasteiger partial charge in [-0.05, 0) is 50.4 Å². The quantitative estimate of drug-likeness (QED) is 0.0409. The molecule has 0 N–H and O–H groups in total. The molecule has 0 aromatic rings. The predicted octanol–water partition coefficient (Wildman–Crippen LogP) is 10.1. The van der Waals surface area contributed by atoms with Gasteiger partial charge in [-0.15, -0.1) is 0 Å². The summed E-state index contributed by atoms with van der Waals surface area (Å²) in [6.07, 6.45) is 33.9. The fraction of sp³-hybridized carbons (Fsp3) is 1.00. The summed E-state index contributed by atoms with van der Waals surface area (Å²) in [6, 6.07) is 0. The van der Waals surface area contributed by atoms with Crippen LogP contribution in [-0.2, 0) is 25.5 Å². The molecule has 37 heavy (non-hydrogen) atoms. The lowest BCUT2D eigenvalue weighted by atomic mass is 10.0. The minimum atomic E-state index is -4.42. The van der Waals surface area contributed by atoms with E-state index in [0.717, 1.165) is 10.9 Å². The van der Waals surface area contributed by atoms with Crippen molar-refractivity contribution in [3.05, 3.63) is 0 Å². The Labute approximate surface area is 237 Å². The highest BCUT2D eigenvalue weighted by molar-refractivity contribution is 7.96. The Morgan fingerprint density at radius 2 is 0.757 bits per heavy atom. The van der Waals surface area contributed by atoms with Crippen molar-refractivity contribution >= 4 is 21.3 Å². The van der Waals surface area contributed by atoms with Crippen molar-refractivity contribution in [3.63, 3.8) is 0 Å². The molecule has 0 spiro atoms. The van der Waals surface area contributed by atoms with Gasteiger partial charge in [0.05, 0.1) is 6.61 Å². The molecule has 0 aliphatic heterocycles. The largest absolute Gasteiger partial charge is 0.726 e. The second-order valence-electron chi connectivity index (χ2n) is 10.5. The molecular weight excluding hydrogens is 500 g/mol. The Hall–Kier alpha value is 0.220. The molecule has 0 heterocycles. The van der Waals surface area contributed by atoms with Crippen LogP contribution in [0.25, 0.3) is 0 Å². The van der Waals surface area contributed by atoms with Crippen LogP contribution in [0.1, 0.15) is 175 Å². The monoisotopic (exact) mass is 566 g/mol. The molecular formula is C31H66O4S2. The van der Waals surface area contributed by atoms with E-state index in [1.807, 2.05) is 0 Å². The molecule has 0 aliphatic carbocycles. The zero-order valence-electron chi connectivity index (χ0n) is 25.5. The van der Waals surface area contributed by atoms with Gasteiger partial charge in [-0.3, -0.25) is 4.18 Å². The number of unbranched alkanes of at least 4 members (excludes halogenated alkanes) is 21. The summed E-state index contributed by atoms with van der Waals surface area (Å²) < 4.78 is 32.0. The Balaban J connectivity index is 0. The zero-order chi connectivity index (χ0) is 27.9. The van der Waals surface area contributed by atoms with Crippen LogP contribution in [0.5, 0.6) is 0 Å². The smallest absolute Gasteiger partial charge is 0.217 e. The van der Waals surface area contributed by atoms with Crippen LogP contribution in [0, 0.1) is 0 Å². The molecule has 0 rings (SSSR count). The molecule has 1 atom stereocenters. The fourth-order valence-corrected chi connectivity index (χ4v) is 6.95. The van der Waals surface area contributed by atoms with Gasteiger partial charge in [0.25, 0.3) is 0 Å². The van der Waals surface area contributed by atoms with Crippen molar-refractivity contribution in [3.8, 4) is 0 Å². The lowest BCUT2D eigenvalue weighted by Gasteiger charge is -2.07. The Kier molecular flexibility index (Phi) is 34.5. The van der Waals surface area contributed by atoms with Crippen molar-refractivity contribution in [2.24, 2.45) is 0 Å². The SMILES string of the molecule is CCCCCCCCCCCCCCCC[S+](CC)CCCCCCCCCCC.CCOS(=O)(=O)[O-]. The third kappa shape index (κ3) is 38.4. The van der Waals surface area contributed by atoms with Gasteiger partial charge in [0.2, 0.25) is 10.4 Å². The first-order chi connectivity index (χ1) is 17.9. The summed E-state index contributed by atoms with van der Waals surface area (Å²) in [4.78, 5) is 0. The van der Waals surface area contributed by atoms with Crippen LogP contribution in [0.3, 0.4) is 0 Å². The Morgan fingerprint density at radius 1 is 0.486 bits per heavy atom. The first-order valence-electron chi connectivity index (χ1n) is 16.1. The molecule has 1 unspecified atom stereocenters. The summed E-state index contributed by atoms with van der Waals surface area (Å²) in [5, 5.41) is 0.